The van der Waals surface area contributed by atoms with Gasteiger partial charge in [-0.25, -0.2) is 8.78 Å². The normalized spacial score (nSPS) is 29.3. The van der Waals surface area contributed by atoms with Crippen molar-refractivity contribution in [1.82, 2.24) is 4.90 Å². The number of hydrogen-bond donors (Lipinski definition) is 0. The smallest absolute Gasteiger partial charge is 0.645 e. The maximum absolute atomic E-state index is 13.0. The fourth-order valence-corrected chi connectivity index (χ4v) is 1.74. The van der Waals surface area contributed by atoms with E-state index in [0.29, 0.717) is 19.1 Å². The molecule has 0 radical (unpaired) electrons. The van der Waals surface area contributed by atoms with E-state index in [1.165, 1.54) is 0 Å². The zero-order valence-electron chi connectivity index (χ0n) is 8.35. The van der Waals surface area contributed by atoms with Crippen LogP contribution in [0.4, 0.5) is 8.78 Å². The largest absolute Gasteiger partial charge is 1.00 e. The Labute approximate surface area is 120 Å². The van der Waals surface area contributed by atoms with Crippen LogP contribution in [0.25, 0.3) is 5.32 Å². The Bertz CT molecular complexity index is 202. The second kappa shape index (κ2) is 3.77. The van der Waals surface area contributed by atoms with Crippen LogP contribution in [0.1, 0.15) is 13.8 Å². The summed E-state index contributed by atoms with van der Waals surface area (Å²) in [6, 6.07) is 0.363. The number of likely N-dealkylation sites (tertiary alicyclic amines) is 1. The minimum atomic E-state index is -2.53. The van der Waals surface area contributed by atoms with Gasteiger partial charge in [0.05, 0.1) is 0 Å². The third-order valence-electron chi connectivity index (χ3n) is 2.92. The Morgan fingerprint density at radius 3 is 2.08 bits per heavy atom. The minimum Gasteiger partial charge on any atom is -0.645 e. The molecule has 0 unspecified atom stereocenters. The van der Waals surface area contributed by atoms with E-state index in [1.807, 2.05) is 18.7 Å². The summed E-state index contributed by atoms with van der Waals surface area (Å²) in [7, 11) is 0. The molecule has 0 atom stereocenters. The molecule has 0 aliphatic carbocycles. The van der Waals surface area contributed by atoms with E-state index in [-0.39, 0.29) is 57.9 Å². The molecule has 70 valence electrons. The topological polar surface area (TPSA) is 17.3 Å². The van der Waals surface area contributed by atoms with Gasteiger partial charge in [-0.15, -0.1) is 0 Å². The van der Waals surface area contributed by atoms with Crippen molar-refractivity contribution in [2.75, 3.05) is 19.6 Å². The minimum absolute atomic E-state index is 0. The number of halogens is 2. The summed E-state index contributed by atoms with van der Waals surface area (Å²) < 4.78 is 25.9. The van der Waals surface area contributed by atoms with Crippen molar-refractivity contribution in [2.45, 2.75) is 31.4 Å². The Balaban J connectivity index is 0.000000845. The van der Waals surface area contributed by atoms with Crippen LogP contribution < -0.4 is 51.4 Å². The molecule has 1 spiro atoms. The fourth-order valence-electron chi connectivity index (χ4n) is 1.74. The van der Waals surface area contributed by atoms with Gasteiger partial charge in [0.15, 0.2) is 0 Å². The van der Waals surface area contributed by atoms with Crippen molar-refractivity contribution in [3.63, 3.8) is 0 Å². The first-order valence-corrected chi connectivity index (χ1v) is 4.27. The summed E-state index contributed by atoms with van der Waals surface area (Å²) in [5.74, 6) is -2.53. The molecule has 0 aromatic heterocycles. The summed E-state index contributed by atoms with van der Waals surface area (Å²) in [6.07, 6.45) is 0. The monoisotopic (exact) mass is 214 g/mol. The van der Waals surface area contributed by atoms with Gasteiger partial charge in [0.1, 0.15) is 0 Å². The van der Waals surface area contributed by atoms with Crippen molar-refractivity contribution < 1.29 is 60.2 Å². The maximum Gasteiger partial charge on any atom is 1.00 e. The van der Waals surface area contributed by atoms with E-state index >= 15 is 0 Å². The van der Waals surface area contributed by atoms with E-state index in [0.717, 1.165) is 0 Å². The van der Waals surface area contributed by atoms with E-state index in [1.54, 1.807) is 0 Å². The molecule has 2 rings (SSSR count). The van der Waals surface area contributed by atoms with Gasteiger partial charge in [-0.2, -0.15) is 0 Å². The van der Waals surface area contributed by atoms with E-state index < -0.39 is 11.5 Å². The van der Waals surface area contributed by atoms with Crippen LogP contribution in [0.2, 0.25) is 0 Å². The number of rotatable bonds is 1. The summed E-state index contributed by atoms with van der Waals surface area (Å²) in [6.45, 7) is 4.65. The van der Waals surface area contributed by atoms with E-state index in [2.05, 4.69) is 5.32 Å². The molecule has 2 fully saturated rings. The Kier molecular flexibility index (Phi) is 3.62. The van der Waals surface area contributed by atoms with Crippen molar-refractivity contribution in [3.05, 3.63) is 5.32 Å². The third-order valence-corrected chi connectivity index (χ3v) is 2.92. The van der Waals surface area contributed by atoms with Crippen molar-refractivity contribution in [2.24, 2.45) is 0 Å². The maximum atomic E-state index is 13.0. The van der Waals surface area contributed by atoms with Gasteiger partial charge in [-0.05, 0) is 32.5 Å². The summed E-state index contributed by atoms with van der Waals surface area (Å²) in [5.41, 5.74) is -0.989. The van der Waals surface area contributed by atoms with Gasteiger partial charge >= 0.3 is 51.4 Å². The third kappa shape index (κ3) is 1.77. The Morgan fingerprint density at radius 1 is 1.31 bits per heavy atom. The quantitative estimate of drug-likeness (QED) is 0.484. The first-order valence-electron chi connectivity index (χ1n) is 4.27. The van der Waals surface area contributed by atoms with Crippen LogP contribution in [0.5, 0.6) is 0 Å². The summed E-state index contributed by atoms with van der Waals surface area (Å²) >= 11 is 0. The van der Waals surface area contributed by atoms with Crippen molar-refractivity contribution >= 4 is 0 Å². The van der Waals surface area contributed by atoms with Gasteiger partial charge in [0, 0.05) is 6.04 Å². The fraction of sp³-hybridized carbons (Fsp3) is 1.00. The second-order valence-electron chi connectivity index (χ2n) is 4.05. The standard InChI is InChI=1S/C8H13F2N2.K/c1-6(2)12-4-7(5-12)8(9,10)3-11-7;/h6H,3-5H2,1-2H3;/q-1;+1. The molecule has 0 saturated carbocycles. The molecule has 0 aromatic rings. The molecule has 2 aliphatic heterocycles. The molecule has 2 saturated heterocycles. The summed E-state index contributed by atoms with van der Waals surface area (Å²) in [4.78, 5) is 2.02. The molecule has 0 aromatic carbocycles. The molecule has 0 N–H and O–H groups in total. The van der Waals surface area contributed by atoms with Gasteiger partial charge in [0.2, 0.25) is 5.92 Å². The predicted octanol–water partition coefficient (Wildman–Crippen LogP) is -1.52. The molecule has 0 bridgehead atoms. The van der Waals surface area contributed by atoms with Crippen LogP contribution in [-0.4, -0.2) is 42.0 Å². The Hall–Kier alpha value is 1.42. The van der Waals surface area contributed by atoms with Gasteiger partial charge < -0.3 is 10.2 Å². The molecular formula is C8H13F2KN2. The SMILES string of the molecule is CC(C)N1CC2(C1)[N-]CC2(F)F.[K+]. The molecule has 2 heterocycles. The van der Waals surface area contributed by atoms with Crippen LogP contribution in [0.3, 0.4) is 0 Å². The molecule has 5 heteroatoms. The number of hydrogen-bond acceptors (Lipinski definition) is 1. The molecule has 2 nitrogen and oxygen atoms in total. The Morgan fingerprint density at radius 2 is 1.85 bits per heavy atom. The first kappa shape index (κ1) is 12.5. The van der Waals surface area contributed by atoms with Crippen LogP contribution in [0.15, 0.2) is 0 Å². The van der Waals surface area contributed by atoms with Gasteiger partial charge in [-0.1, -0.05) is 6.54 Å². The van der Waals surface area contributed by atoms with Crippen LogP contribution in [-0.2, 0) is 0 Å². The summed E-state index contributed by atoms with van der Waals surface area (Å²) in [5, 5.41) is 3.90. The van der Waals surface area contributed by atoms with Crippen LogP contribution >= 0.6 is 0 Å². The molecule has 13 heavy (non-hydrogen) atoms. The average Bonchev–Trinajstić information content (AvgIpc) is 1.81. The van der Waals surface area contributed by atoms with E-state index in [4.69, 9.17) is 0 Å². The zero-order chi connectivity index (χ0) is 8.98. The average molecular weight is 214 g/mol. The van der Waals surface area contributed by atoms with Crippen molar-refractivity contribution in [3.8, 4) is 0 Å². The molecule has 2 aliphatic rings. The van der Waals surface area contributed by atoms with Gasteiger partial charge in [-0.3, -0.25) is 0 Å². The zero-order valence-corrected chi connectivity index (χ0v) is 11.5. The second-order valence-corrected chi connectivity index (χ2v) is 4.05. The number of nitrogens with zero attached hydrogens (tertiary/aromatic N) is 2. The predicted molar refractivity (Wildman–Crippen MR) is 42.6 cm³/mol. The van der Waals surface area contributed by atoms with Gasteiger partial charge in [0.25, 0.3) is 0 Å². The number of alkyl halides is 2. The first-order chi connectivity index (χ1) is 5.47. The van der Waals surface area contributed by atoms with E-state index in [9.17, 15) is 8.78 Å². The molecule has 0 amide bonds. The van der Waals surface area contributed by atoms with Crippen LogP contribution in [0, 0.1) is 0 Å². The van der Waals surface area contributed by atoms with Crippen molar-refractivity contribution in [1.29, 1.82) is 0 Å². The molecular weight excluding hydrogens is 201 g/mol.